The van der Waals surface area contributed by atoms with E-state index in [0.29, 0.717) is 0 Å². The molecule has 0 saturated carbocycles. The van der Waals surface area contributed by atoms with Gasteiger partial charge in [-0.1, -0.05) is 0 Å². The van der Waals surface area contributed by atoms with Crippen molar-refractivity contribution in [3.05, 3.63) is 0 Å². The summed E-state index contributed by atoms with van der Waals surface area (Å²) in [6.45, 7) is 0. The Balaban J connectivity index is -0.0000000600. The van der Waals surface area contributed by atoms with Gasteiger partial charge in [-0.15, -0.1) is 12.4 Å². The second-order valence-corrected chi connectivity index (χ2v) is 0.922. The maximum atomic E-state index is 6.46. The van der Waals surface area contributed by atoms with E-state index in [2.05, 4.69) is 4.99 Å². The van der Waals surface area contributed by atoms with Gasteiger partial charge in [0.1, 0.15) is 0 Å². The first kappa shape index (κ1) is 23.0. The fourth-order valence-electron chi connectivity index (χ4n) is 0.139. The Morgan fingerprint density at radius 2 is 1.50 bits per heavy atom. The van der Waals surface area contributed by atoms with Crippen molar-refractivity contribution in [2.75, 3.05) is 0 Å². The highest BCUT2D eigenvalue weighted by molar-refractivity contribution is 5.90. The number of nitrogens with two attached hydrogens (primary N) is 3. The van der Waals surface area contributed by atoms with E-state index >= 15 is 0 Å². The standard InChI is InChI=1S/C2H7N5.B.ClH.H2O/c3-1(4)7-2(5)6;;;/h(H7,3,4,5,6,7);;1H;1H2/p-1. The van der Waals surface area contributed by atoms with Crippen molar-refractivity contribution < 1.29 is 5.48 Å². The van der Waals surface area contributed by atoms with Crippen molar-refractivity contribution in [3.63, 3.8) is 0 Å². The highest BCUT2D eigenvalue weighted by Crippen LogP contribution is 1.56. The van der Waals surface area contributed by atoms with Crippen LogP contribution in [0, 0.1) is 5.41 Å². The summed E-state index contributed by atoms with van der Waals surface area (Å²) >= 11 is 0. The predicted molar refractivity (Wildman–Crippen MR) is 42.7 cm³/mol. The molecule has 0 aliphatic heterocycles. The van der Waals surface area contributed by atoms with E-state index in [4.69, 9.17) is 22.6 Å². The van der Waals surface area contributed by atoms with Crippen molar-refractivity contribution >= 4 is 32.7 Å². The normalized spacial score (nSPS) is 5.20. The van der Waals surface area contributed by atoms with Gasteiger partial charge >= 0.3 is 0 Å². The van der Waals surface area contributed by atoms with Gasteiger partial charge in [0.25, 0.3) is 0 Å². The Kier molecular flexibility index (Phi) is 25.1. The minimum atomic E-state index is -0.375. The number of nitrogens with zero attached hydrogens (tertiary/aromatic N) is 1. The van der Waals surface area contributed by atoms with Crippen LogP contribution in [0.3, 0.4) is 0 Å². The molecule has 3 radical (unpaired) electrons. The molecule has 8 N–H and O–H groups in total. The highest BCUT2D eigenvalue weighted by Gasteiger charge is 1.78. The fourth-order valence-corrected chi connectivity index (χ4v) is 0.139. The van der Waals surface area contributed by atoms with E-state index in [0.717, 1.165) is 0 Å². The van der Waals surface area contributed by atoms with Crippen LogP contribution in [0.1, 0.15) is 0 Å². The Labute approximate surface area is 66.7 Å². The third kappa shape index (κ3) is 27.7. The molecule has 0 atom stereocenters. The van der Waals surface area contributed by atoms with E-state index in [9.17, 15) is 0 Å². The van der Waals surface area contributed by atoms with Crippen LogP contribution in [-0.2, 0) is 0 Å². The Bertz CT molecular complexity index is 112. The molecule has 0 aliphatic rings. The number of hydrogen-bond acceptors (Lipinski definition) is 2. The van der Waals surface area contributed by atoms with Crippen LogP contribution in [0.2, 0.25) is 0 Å². The number of aliphatic imine (C=N–C) groups is 1. The molecule has 0 rings (SSSR count). The first-order valence-corrected chi connectivity index (χ1v) is 1.56. The molecule has 6 nitrogen and oxygen atoms in total. The first-order chi connectivity index (χ1) is 3.13. The summed E-state index contributed by atoms with van der Waals surface area (Å²) in [7, 11) is 0. The molecule has 0 fully saturated rings. The molecule has 0 unspecified atom stereocenters. The Morgan fingerprint density at radius 3 is 1.50 bits per heavy atom. The lowest BCUT2D eigenvalue weighted by atomic mass is 10.8. The van der Waals surface area contributed by atoms with Gasteiger partial charge in [0.15, 0.2) is 5.96 Å². The molecular formula is C2H9BClN5O-. The molecule has 0 saturated heterocycles. The van der Waals surface area contributed by atoms with E-state index < -0.39 is 0 Å². The van der Waals surface area contributed by atoms with Gasteiger partial charge in [-0.3, -0.25) is 5.41 Å². The number of nitrogens with one attached hydrogen (secondary N) is 1. The largest absolute Gasteiger partial charge is 0.870 e. The van der Waals surface area contributed by atoms with Gasteiger partial charge in [-0.25, -0.2) is 0 Å². The lowest BCUT2D eigenvalue weighted by Crippen LogP contribution is -2.25. The van der Waals surface area contributed by atoms with Crippen molar-refractivity contribution in [1.82, 2.24) is 0 Å². The number of hydrogen-bond donors (Lipinski definition) is 4. The van der Waals surface area contributed by atoms with Crippen LogP contribution in [-0.4, -0.2) is 25.8 Å². The number of halogens is 1. The number of rotatable bonds is 0. The molecule has 0 aromatic rings. The third-order valence-corrected chi connectivity index (χ3v) is 0.250. The fraction of sp³-hybridized carbons (Fsp3) is 0. The van der Waals surface area contributed by atoms with Crippen LogP contribution in [0.4, 0.5) is 0 Å². The zero-order valence-electron chi connectivity index (χ0n) is 5.11. The SMILES string of the molecule is Cl.N=C(N)N=C(N)N.[B].[OH-]. The first-order valence-electron chi connectivity index (χ1n) is 1.56. The summed E-state index contributed by atoms with van der Waals surface area (Å²) < 4.78 is 0. The van der Waals surface area contributed by atoms with Gasteiger partial charge in [0, 0.05) is 8.41 Å². The second kappa shape index (κ2) is 10.9. The molecule has 0 aromatic heterocycles. The molecule has 0 bridgehead atoms. The highest BCUT2D eigenvalue weighted by atomic mass is 35.5. The molecule has 0 heterocycles. The van der Waals surface area contributed by atoms with Gasteiger partial charge in [-0.05, 0) is 0 Å². The van der Waals surface area contributed by atoms with Gasteiger partial charge in [0.05, 0.1) is 0 Å². The van der Waals surface area contributed by atoms with Crippen molar-refractivity contribution in [1.29, 1.82) is 5.41 Å². The second-order valence-electron chi connectivity index (χ2n) is 0.922. The minimum Gasteiger partial charge on any atom is -0.870 e. The molecule has 0 aliphatic carbocycles. The Morgan fingerprint density at radius 1 is 1.20 bits per heavy atom. The lowest BCUT2D eigenvalue weighted by molar-refractivity contribution is 0.824. The average molecular weight is 165 g/mol. The average Bonchev–Trinajstić information content (AvgIpc) is 1.27. The number of guanidine groups is 2. The summed E-state index contributed by atoms with van der Waals surface area (Å²) in [5.41, 5.74) is 14.3. The van der Waals surface area contributed by atoms with Crippen LogP contribution in [0.25, 0.3) is 0 Å². The van der Waals surface area contributed by atoms with Crippen molar-refractivity contribution in [2.24, 2.45) is 22.2 Å². The molecule has 0 aromatic carbocycles. The summed E-state index contributed by atoms with van der Waals surface area (Å²) in [6.07, 6.45) is 0. The third-order valence-electron chi connectivity index (χ3n) is 0.250. The molecule has 0 spiro atoms. The lowest BCUT2D eigenvalue weighted by Gasteiger charge is -1.84. The zero-order valence-corrected chi connectivity index (χ0v) is 5.93. The summed E-state index contributed by atoms with van der Waals surface area (Å²) in [4.78, 5) is 3.11. The van der Waals surface area contributed by atoms with E-state index in [-0.39, 0.29) is 38.2 Å². The van der Waals surface area contributed by atoms with Crippen molar-refractivity contribution in [2.45, 2.75) is 0 Å². The summed E-state index contributed by atoms with van der Waals surface area (Å²) in [6, 6.07) is 0. The van der Waals surface area contributed by atoms with Crippen LogP contribution in [0.5, 0.6) is 0 Å². The zero-order chi connectivity index (χ0) is 5.86. The predicted octanol–water partition coefficient (Wildman–Crippen LogP) is -1.98. The van der Waals surface area contributed by atoms with Gasteiger partial charge < -0.3 is 22.7 Å². The minimum absolute atomic E-state index is 0. The maximum Gasteiger partial charge on any atom is 0.215 e. The molecular weight excluding hydrogens is 156 g/mol. The maximum absolute atomic E-state index is 6.46. The molecule has 10 heavy (non-hydrogen) atoms. The van der Waals surface area contributed by atoms with E-state index in [1.807, 2.05) is 0 Å². The van der Waals surface area contributed by atoms with Gasteiger partial charge in [-0.2, -0.15) is 4.99 Å². The van der Waals surface area contributed by atoms with Crippen LogP contribution < -0.4 is 17.2 Å². The molecule has 8 heteroatoms. The van der Waals surface area contributed by atoms with Crippen molar-refractivity contribution in [3.8, 4) is 0 Å². The summed E-state index contributed by atoms with van der Waals surface area (Å²) in [5.74, 6) is -0.562. The van der Waals surface area contributed by atoms with Crippen LogP contribution >= 0.6 is 12.4 Å². The quantitative estimate of drug-likeness (QED) is 0.187. The van der Waals surface area contributed by atoms with E-state index in [1.54, 1.807) is 0 Å². The van der Waals surface area contributed by atoms with E-state index in [1.165, 1.54) is 0 Å². The summed E-state index contributed by atoms with van der Waals surface area (Å²) in [5, 5.41) is 6.46. The Hall–Kier alpha value is -0.945. The molecule has 59 valence electrons. The monoisotopic (exact) mass is 165 g/mol. The smallest absolute Gasteiger partial charge is 0.215 e. The molecule has 0 amide bonds. The van der Waals surface area contributed by atoms with Gasteiger partial charge in [0.2, 0.25) is 5.96 Å². The van der Waals surface area contributed by atoms with Crippen LogP contribution in [0.15, 0.2) is 4.99 Å². The topological polar surface area (TPSA) is 144 Å².